The van der Waals surface area contributed by atoms with Crippen molar-refractivity contribution in [1.82, 2.24) is 14.9 Å². The zero-order valence-corrected chi connectivity index (χ0v) is 17.8. The first-order valence-corrected chi connectivity index (χ1v) is 10.2. The first kappa shape index (κ1) is 20.3. The molecule has 0 amide bonds. The zero-order valence-electron chi connectivity index (χ0n) is 17.0. The first-order chi connectivity index (χ1) is 14.6. The molecular formula is C22H24N4O3S. The fourth-order valence-corrected chi connectivity index (χ4v) is 3.44. The number of hydrogen-bond acceptors (Lipinski definition) is 6. The highest BCUT2D eigenvalue weighted by Crippen LogP contribution is 2.29. The lowest BCUT2D eigenvalue weighted by Crippen LogP contribution is -2.05. The Morgan fingerprint density at radius 2 is 2.10 bits per heavy atom. The van der Waals surface area contributed by atoms with Gasteiger partial charge in [0.25, 0.3) is 0 Å². The van der Waals surface area contributed by atoms with Gasteiger partial charge in [0, 0.05) is 6.61 Å². The summed E-state index contributed by atoms with van der Waals surface area (Å²) in [6.45, 7) is 3.27. The topological polar surface area (TPSA) is 73.7 Å². The van der Waals surface area contributed by atoms with Gasteiger partial charge in [-0.1, -0.05) is 29.8 Å². The van der Waals surface area contributed by atoms with Gasteiger partial charge in [0.1, 0.15) is 12.7 Å². The predicted octanol–water partition coefficient (Wildman–Crippen LogP) is 4.57. The van der Waals surface area contributed by atoms with Crippen molar-refractivity contribution in [1.29, 1.82) is 0 Å². The van der Waals surface area contributed by atoms with Gasteiger partial charge in [-0.2, -0.15) is 14.9 Å². The maximum absolute atomic E-state index is 5.94. The molecule has 8 heteroatoms. The number of H-pyrrole nitrogens is 1. The maximum Gasteiger partial charge on any atom is 0.216 e. The van der Waals surface area contributed by atoms with E-state index in [1.165, 1.54) is 5.56 Å². The van der Waals surface area contributed by atoms with E-state index in [1.807, 2.05) is 18.2 Å². The molecule has 2 heterocycles. The molecule has 1 aliphatic rings. The molecule has 0 saturated carbocycles. The van der Waals surface area contributed by atoms with E-state index in [9.17, 15) is 0 Å². The number of nitrogens with zero attached hydrogens (tertiary/aromatic N) is 3. The van der Waals surface area contributed by atoms with Gasteiger partial charge in [-0.05, 0) is 61.3 Å². The molecule has 30 heavy (non-hydrogen) atoms. The van der Waals surface area contributed by atoms with Crippen LogP contribution in [0.3, 0.4) is 0 Å². The molecule has 0 radical (unpaired) electrons. The van der Waals surface area contributed by atoms with E-state index in [0.29, 0.717) is 28.7 Å². The maximum atomic E-state index is 5.94. The molecule has 0 aliphatic carbocycles. The van der Waals surface area contributed by atoms with E-state index >= 15 is 0 Å². The van der Waals surface area contributed by atoms with Crippen LogP contribution in [0.4, 0.5) is 0 Å². The van der Waals surface area contributed by atoms with Gasteiger partial charge in [-0.25, -0.2) is 0 Å². The van der Waals surface area contributed by atoms with Gasteiger partial charge in [0.2, 0.25) is 4.77 Å². The number of aromatic nitrogens is 3. The second-order valence-corrected chi connectivity index (χ2v) is 7.52. The third-order valence-electron chi connectivity index (χ3n) is 4.92. The van der Waals surface area contributed by atoms with Gasteiger partial charge in [0.05, 0.1) is 13.3 Å². The lowest BCUT2D eigenvalue weighted by atomic mass is 10.2. The molecule has 0 bridgehead atoms. The summed E-state index contributed by atoms with van der Waals surface area (Å²) in [6.07, 6.45) is 3.56. The average molecular weight is 425 g/mol. The van der Waals surface area contributed by atoms with Crippen molar-refractivity contribution < 1.29 is 14.2 Å². The first-order valence-electron chi connectivity index (χ1n) is 9.83. The average Bonchev–Trinajstić information content (AvgIpc) is 3.42. The number of nitrogens with one attached hydrogen (secondary N) is 1. The number of ether oxygens (including phenoxy) is 3. The van der Waals surface area contributed by atoms with Gasteiger partial charge in [0.15, 0.2) is 17.3 Å². The van der Waals surface area contributed by atoms with Crippen LogP contribution in [-0.2, 0) is 11.3 Å². The number of aromatic amines is 1. The molecule has 1 N–H and O–H groups in total. The highest BCUT2D eigenvalue weighted by atomic mass is 32.1. The predicted molar refractivity (Wildman–Crippen MR) is 117 cm³/mol. The Morgan fingerprint density at radius 1 is 1.27 bits per heavy atom. The molecule has 3 aromatic rings. The van der Waals surface area contributed by atoms with E-state index in [-0.39, 0.29) is 6.10 Å². The van der Waals surface area contributed by atoms with Crippen LogP contribution in [0, 0.1) is 11.7 Å². The molecule has 1 aromatic heterocycles. The lowest BCUT2D eigenvalue weighted by molar-refractivity contribution is 0.102. The van der Waals surface area contributed by atoms with Crippen molar-refractivity contribution in [3.63, 3.8) is 0 Å². The minimum Gasteiger partial charge on any atom is -0.493 e. The molecule has 7 nitrogen and oxygen atoms in total. The summed E-state index contributed by atoms with van der Waals surface area (Å²) in [4.78, 5) is 0. The van der Waals surface area contributed by atoms with Crippen LogP contribution in [0.1, 0.15) is 41.5 Å². The summed E-state index contributed by atoms with van der Waals surface area (Å²) in [5, 5.41) is 11.6. The Morgan fingerprint density at radius 3 is 2.83 bits per heavy atom. The highest BCUT2D eigenvalue weighted by molar-refractivity contribution is 7.71. The molecule has 1 saturated heterocycles. The second kappa shape index (κ2) is 9.23. The van der Waals surface area contributed by atoms with E-state index < -0.39 is 0 Å². The fourth-order valence-electron chi connectivity index (χ4n) is 3.26. The van der Waals surface area contributed by atoms with Crippen LogP contribution < -0.4 is 9.47 Å². The molecule has 1 atom stereocenters. The van der Waals surface area contributed by atoms with E-state index in [4.69, 9.17) is 26.4 Å². The number of rotatable bonds is 7. The highest BCUT2D eigenvalue weighted by Gasteiger charge is 2.23. The Labute approximate surface area is 180 Å². The zero-order chi connectivity index (χ0) is 20.9. The SMILES string of the molecule is COc1cc(/C=N\n2c(C3CCCO3)n[nH]c2=S)ccc1OCc1ccc(C)cc1. The minimum atomic E-state index is -0.0813. The minimum absolute atomic E-state index is 0.0813. The van der Waals surface area contributed by atoms with Gasteiger partial charge >= 0.3 is 0 Å². The Balaban J connectivity index is 1.50. The van der Waals surface area contributed by atoms with Crippen LogP contribution in [-0.4, -0.2) is 34.8 Å². The van der Waals surface area contributed by atoms with Crippen molar-refractivity contribution in [2.24, 2.45) is 5.10 Å². The number of benzene rings is 2. The normalized spacial score (nSPS) is 16.3. The monoisotopic (exact) mass is 424 g/mol. The smallest absolute Gasteiger partial charge is 0.216 e. The summed E-state index contributed by atoms with van der Waals surface area (Å²) in [6, 6.07) is 13.9. The van der Waals surface area contributed by atoms with Gasteiger partial charge in [-0.15, -0.1) is 0 Å². The van der Waals surface area contributed by atoms with Crippen molar-refractivity contribution in [3.05, 3.63) is 69.8 Å². The quantitative estimate of drug-likeness (QED) is 0.444. The summed E-state index contributed by atoms with van der Waals surface area (Å²) in [7, 11) is 1.62. The molecule has 4 rings (SSSR count). The van der Waals surface area contributed by atoms with Crippen LogP contribution in [0.5, 0.6) is 11.5 Å². The third kappa shape index (κ3) is 4.60. The van der Waals surface area contributed by atoms with Crippen LogP contribution in [0.2, 0.25) is 0 Å². The molecule has 1 aliphatic heterocycles. The summed E-state index contributed by atoms with van der Waals surface area (Å²) in [5.41, 5.74) is 3.18. The Hall–Kier alpha value is -2.97. The van der Waals surface area contributed by atoms with E-state index in [0.717, 1.165) is 30.6 Å². The number of aryl methyl sites for hydroxylation is 1. The fraction of sp³-hybridized carbons (Fsp3) is 0.318. The van der Waals surface area contributed by atoms with E-state index in [2.05, 4.69) is 46.5 Å². The lowest BCUT2D eigenvalue weighted by Gasteiger charge is -2.11. The van der Waals surface area contributed by atoms with Gasteiger partial charge in [-0.3, -0.25) is 5.10 Å². The van der Waals surface area contributed by atoms with Crippen LogP contribution in [0.25, 0.3) is 0 Å². The summed E-state index contributed by atoms with van der Waals surface area (Å²) in [5.74, 6) is 2.01. The van der Waals surface area contributed by atoms with Gasteiger partial charge < -0.3 is 14.2 Å². The van der Waals surface area contributed by atoms with Crippen molar-refractivity contribution in [2.75, 3.05) is 13.7 Å². The van der Waals surface area contributed by atoms with Crippen molar-refractivity contribution in [2.45, 2.75) is 32.5 Å². The molecule has 0 spiro atoms. The van der Waals surface area contributed by atoms with E-state index in [1.54, 1.807) is 18.0 Å². The summed E-state index contributed by atoms with van der Waals surface area (Å²) >= 11 is 5.31. The molecular weight excluding hydrogens is 400 g/mol. The second-order valence-electron chi connectivity index (χ2n) is 7.13. The third-order valence-corrected chi connectivity index (χ3v) is 5.18. The molecule has 2 aromatic carbocycles. The molecule has 156 valence electrons. The number of methoxy groups -OCH3 is 1. The van der Waals surface area contributed by atoms with Crippen molar-refractivity contribution >= 4 is 18.4 Å². The Kier molecular flexibility index (Phi) is 6.25. The number of hydrogen-bond donors (Lipinski definition) is 1. The Bertz CT molecular complexity index is 1080. The van der Waals surface area contributed by atoms with Crippen molar-refractivity contribution in [3.8, 4) is 11.5 Å². The van der Waals surface area contributed by atoms with Crippen LogP contribution >= 0.6 is 12.2 Å². The van der Waals surface area contributed by atoms with Crippen LogP contribution in [0.15, 0.2) is 47.6 Å². The molecule has 1 unspecified atom stereocenters. The molecule has 1 fully saturated rings. The largest absolute Gasteiger partial charge is 0.493 e. The standard InChI is InChI=1S/C22H24N4O3S/c1-15-5-7-16(8-6-15)14-29-18-10-9-17(12-20(18)27-2)13-23-26-21(24-25-22(26)30)19-4-3-11-28-19/h5-10,12-13,19H,3-4,11,14H2,1-2H3,(H,25,30)/b23-13-. The summed E-state index contributed by atoms with van der Waals surface area (Å²) < 4.78 is 19.2.